The SMILES string of the molecule is O=C(O)NCc1nccc(-c2cnc([C@@H]3CCC4CC(c5c(-n6cnnn6)ccc(Cl)c5F)=CC(=O)N43)[nH]2)c1F. The fourth-order valence-electron chi connectivity index (χ4n) is 5.32. The van der Waals surface area contributed by atoms with Gasteiger partial charge in [-0.25, -0.2) is 18.6 Å². The molecular weight excluding hydrogens is 548 g/mol. The Kier molecular flexibility index (Phi) is 6.46. The molecule has 12 nitrogen and oxygen atoms in total. The van der Waals surface area contributed by atoms with Crippen molar-refractivity contribution in [2.45, 2.75) is 37.9 Å². The van der Waals surface area contributed by atoms with E-state index in [0.29, 0.717) is 42.0 Å². The van der Waals surface area contributed by atoms with Crippen LogP contribution in [0.4, 0.5) is 13.6 Å². The summed E-state index contributed by atoms with van der Waals surface area (Å²) in [6.07, 6.45) is 5.89. The van der Waals surface area contributed by atoms with E-state index in [1.54, 1.807) is 11.0 Å². The number of carbonyl (C=O) groups excluding carboxylic acids is 1. The van der Waals surface area contributed by atoms with E-state index in [0.717, 1.165) is 0 Å². The Hall–Kier alpha value is -4.72. The van der Waals surface area contributed by atoms with Crippen molar-refractivity contribution in [3.8, 4) is 16.9 Å². The first-order chi connectivity index (χ1) is 19.3. The highest BCUT2D eigenvalue weighted by Crippen LogP contribution is 2.44. The summed E-state index contributed by atoms with van der Waals surface area (Å²) in [6.45, 7) is -0.292. The zero-order chi connectivity index (χ0) is 28.0. The van der Waals surface area contributed by atoms with E-state index in [2.05, 4.69) is 35.8 Å². The summed E-state index contributed by atoms with van der Waals surface area (Å²) in [5.74, 6) is -1.18. The molecule has 2 aliphatic heterocycles. The zero-order valence-electron chi connectivity index (χ0n) is 20.6. The minimum Gasteiger partial charge on any atom is -0.465 e. The van der Waals surface area contributed by atoms with Gasteiger partial charge in [0.2, 0.25) is 5.91 Å². The van der Waals surface area contributed by atoms with Gasteiger partial charge in [-0.3, -0.25) is 9.78 Å². The molecule has 1 unspecified atom stereocenters. The second-order valence-electron chi connectivity index (χ2n) is 9.34. The molecule has 2 atom stereocenters. The summed E-state index contributed by atoms with van der Waals surface area (Å²) in [6, 6.07) is 3.84. The molecule has 0 saturated carbocycles. The number of pyridine rings is 1. The van der Waals surface area contributed by atoms with Gasteiger partial charge in [0.25, 0.3) is 0 Å². The topological polar surface area (TPSA) is 155 Å². The summed E-state index contributed by atoms with van der Waals surface area (Å²) in [4.78, 5) is 37.4. The number of rotatable bonds is 6. The maximum atomic E-state index is 15.3. The summed E-state index contributed by atoms with van der Waals surface area (Å²) in [5, 5.41) is 21.9. The van der Waals surface area contributed by atoms with Gasteiger partial charge < -0.3 is 20.3 Å². The van der Waals surface area contributed by atoms with Crippen LogP contribution in [0.15, 0.2) is 43.0 Å². The fraction of sp³-hybridized carbons (Fsp3) is 0.240. The molecule has 1 aromatic carbocycles. The number of amides is 2. The van der Waals surface area contributed by atoms with Crippen LogP contribution in [0.2, 0.25) is 5.02 Å². The molecule has 0 radical (unpaired) electrons. The number of imidazole rings is 1. The van der Waals surface area contributed by atoms with E-state index >= 15 is 8.78 Å². The summed E-state index contributed by atoms with van der Waals surface area (Å²) >= 11 is 6.09. The second-order valence-corrected chi connectivity index (χ2v) is 9.74. The van der Waals surface area contributed by atoms with Gasteiger partial charge in [-0.05, 0) is 53.5 Å². The molecule has 204 valence electrons. The Morgan fingerprint density at radius 3 is 2.83 bits per heavy atom. The first-order valence-corrected chi connectivity index (χ1v) is 12.6. The minimum absolute atomic E-state index is 0.0600. The van der Waals surface area contributed by atoms with E-state index in [4.69, 9.17) is 16.7 Å². The predicted octanol–water partition coefficient (Wildman–Crippen LogP) is 3.67. The average Bonchev–Trinajstić information content (AvgIpc) is 3.70. The Morgan fingerprint density at radius 1 is 1.20 bits per heavy atom. The molecule has 0 aliphatic carbocycles. The summed E-state index contributed by atoms with van der Waals surface area (Å²) in [5.41, 5.74) is 1.49. The highest BCUT2D eigenvalue weighted by molar-refractivity contribution is 6.31. The summed E-state index contributed by atoms with van der Waals surface area (Å²) in [7, 11) is 0. The zero-order valence-corrected chi connectivity index (χ0v) is 21.3. The molecule has 3 N–H and O–H groups in total. The lowest BCUT2D eigenvalue weighted by Crippen LogP contribution is -2.39. The molecule has 1 fully saturated rings. The molecule has 1 saturated heterocycles. The number of aromatic amines is 1. The first-order valence-electron chi connectivity index (χ1n) is 12.2. The number of benzene rings is 1. The van der Waals surface area contributed by atoms with E-state index in [1.807, 2.05) is 0 Å². The molecule has 2 amide bonds. The standard InChI is InChI=1S/C25H20ClF2N9O3/c26-15-2-4-18(36-11-32-34-35-36)21(23(15)28)12-7-13-1-3-19(37(13)20(38)8-12)24-30-9-16(33-24)14-5-6-29-17(22(14)27)10-31-25(39)40/h2,4-6,8-9,11,13,19,31H,1,3,7,10H2,(H,30,33)(H,39,40)/t13?,19-/m0/s1. The van der Waals surface area contributed by atoms with Gasteiger partial charge in [0.15, 0.2) is 11.6 Å². The van der Waals surface area contributed by atoms with Gasteiger partial charge in [0.05, 0.1) is 40.9 Å². The van der Waals surface area contributed by atoms with Crippen molar-refractivity contribution in [3.63, 3.8) is 0 Å². The van der Waals surface area contributed by atoms with Crippen molar-refractivity contribution in [3.05, 3.63) is 76.7 Å². The molecule has 4 aromatic rings. The molecule has 3 aromatic heterocycles. The van der Waals surface area contributed by atoms with Crippen molar-refractivity contribution < 1.29 is 23.5 Å². The highest BCUT2D eigenvalue weighted by atomic mass is 35.5. The lowest BCUT2D eigenvalue weighted by Gasteiger charge is -2.33. The maximum Gasteiger partial charge on any atom is 0.404 e. The van der Waals surface area contributed by atoms with E-state index in [9.17, 15) is 9.59 Å². The van der Waals surface area contributed by atoms with Gasteiger partial charge in [0.1, 0.15) is 12.2 Å². The molecule has 0 bridgehead atoms. The molecule has 0 spiro atoms. The van der Waals surface area contributed by atoms with Gasteiger partial charge in [-0.2, -0.15) is 4.68 Å². The number of tetrazole rings is 1. The molecule has 5 heterocycles. The van der Waals surface area contributed by atoms with Crippen LogP contribution in [0.25, 0.3) is 22.5 Å². The van der Waals surface area contributed by atoms with Gasteiger partial charge in [0, 0.05) is 29.4 Å². The monoisotopic (exact) mass is 567 g/mol. The van der Waals surface area contributed by atoms with E-state index in [-0.39, 0.29) is 40.3 Å². The smallest absolute Gasteiger partial charge is 0.404 e. The Balaban J connectivity index is 1.29. The van der Waals surface area contributed by atoms with Crippen molar-refractivity contribution in [1.29, 1.82) is 0 Å². The van der Waals surface area contributed by atoms with Crippen LogP contribution < -0.4 is 5.32 Å². The van der Waals surface area contributed by atoms with Crippen molar-refractivity contribution in [2.24, 2.45) is 0 Å². The Morgan fingerprint density at radius 2 is 2.05 bits per heavy atom. The van der Waals surface area contributed by atoms with Crippen molar-refractivity contribution in [2.75, 3.05) is 0 Å². The lowest BCUT2D eigenvalue weighted by atomic mass is 9.92. The van der Waals surface area contributed by atoms with Gasteiger partial charge >= 0.3 is 6.09 Å². The third-order valence-electron chi connectivity index (χ3n) is 7.07. The Bertz CT molecular complexity index is 1660. The molecule has 2 aliphatic rings. The number of fused-ring (bicyclic) bond motifs is 1. The van der Waals surface area contributed by atoms with Gasteiger partial charge in [-0.15, -0.1) is 5.10 Å². The number of nitrogens with zero attached hydrogens (tertiary/aromatic N) is 7. The van der Waals surface area contributed by atoms with Crippen molar-refractivity contribution >= 4 is 29.2 Å². The van der Waals surface area contributed by atoms with Crippen LogP contribution in [-0.2, 0) is 11.3 Å². The molecular formula is C25H20ClF2N9O3. The quantitative estimate of drug-likeness (QED) is 0.319. The normalized spacial score (nSPS) is 18.5. The number of halogens is 3. The van der Waals surface area contributed by atoms with Crippen LogP contribution in [0.5, 0.6) is 0 Å². The number of hydrogen-bond donors (Lipinski definition) is 3. The maximum absolute atomic E-state index is 15.3. The first kappa shape index (κ1) is 25.6. The fourth-order valence-corrected chi connectivity index (χ4v) is 5.48. The number of nitrogens with one attached hydrogen (secondary N) is 2. The van der Waals surface area contributed by atoms with Crippen molar-refractivity contribution in [1.82, 2.24) is 45.4 Å². The van der Waals surface area contributed by atoms with Crippen LogP contribution in [0.3, 0.4) is 0 Å². The highest BCUT2D eigenvalue weighted by Gasteiger charge is 2.42. The third kappa shape index (κ3) is 4.45. The van der Waals surface area contributed by atoms with Crippen LogP contribution in [0.1, 0.15) is 42.4 Å². The molecule has 15 heteroatoms. The van der Waals surface area contributed by atoms with Crippen LogP contribution in [0, 0.1) is 11.6 Å². The number of aromatic nitrogens is 7. The summed E-state index contributed by atoms with van der Waals surface area (Å²) < 4.78 is 31.7. The third-order valence-corrected chi connectivity index (χ3v) is 7.36. The van der Waals surface area contributed by atoms with E-state index in [1.165, 1.54) is 41.6 Å². The predicted molar refractivity (Wildman–Crippen MR) is 136 cm³/mol. The number of H-pyrrole nitrogens is 1. The van der Waals surface area contributed by atoms with Crippen LogP contribution in [-0.4, -0.2) is 63.2 Å². The number of hydrogen-bond acceptors (Lipinski definition) is 7. The van der Waals surface area contributed by atoms with Crippen LogP contribution >= 0.6 is 11.6 Å². The molecule has 40 heavy (non-hydrogen) atoms. The lowest BCUT2D eigenvalue weighted by molar-refractivity contribution is -0.129. The van der Waals surface area contributed by atoms with Gasteiger partial charge in [-0.1, -0.05) is 11.6 Å². The number of carboxylic acid groups (broad SMARTS) is 1. The second kappa shape index (κ2) is 10.1. The average molecular weight is 568 g/mol. The minimum atomic E-state index is -1.29. The molecule has 6 rings (SSSR count). The Labute approximate surface area is 229 Å². The van der Waals surface area contributed by atoms with E-state index < -0.39 is 23.8 Å². The largest absolute Gasteiger partial charge is 0.465 e. The number of carbonyl (C=O) groups is 2.